The van der Waals surface area contributed by atoms with Crippen LogP contribution in [0.1, 0.15) is 41.5 Å². The first-order valence-electron chi connectivity index (χ1n) is 4.97. The van der Waals surface area contributed by atoms with Crippen molar-refractivity contribution >= 4 is 0 Å². The minimum Gasteiger partial charge on any atom is -0.0847 e. The fourth-order valence-corrected chi connectivity index (χ4v) is 1.17. The molecular weight excluding hydrogens is 156 g/mol. The normalized spacial score (nSPS) is 15.5. The van der Waals surface area contributed by atoms with Gasteiger partial charge in [-0.05, 0) is 39.2 Å². The van der Waals surface area contributed by atoms with E-state index in [1.807, 2.05) is 0 Å². The lowest BCUT2D eigenvalue weighted by atomic mass is 10.0. The monoisotopic (exact) mass is 178 g/mol. The summed E-state index contributed by atoms with van der Waals surface area (Å²) >= 11 is 0. The van der Waals surface area contributed by atoms with Gasteiger partial charge in [-0.15, -0.1) is 0 Å². The van der Waals surface area contributed by atoms with Crippen molar-refractivity contribution in [2.75, 3.05) is 0 Å². The molecule has 0 aromatic heterocycles. The fourth-order valence-electron chi connectivity index (χ4n) is 1.17. The molecule has 0 radical (unpaired) electrons. The summed E-state index contributed by atoms with van der Waals surface area (Å²) in [5.41, 5.74) is 4.08. The molecule has 0 rings (SSSR count). The molecule has 0 spiro atoms. The Morgan fingerprint density at radius 3 is 1.92 bits per heavy atom. The molecular formula is C13H22. The van der Waals surface area contributed by atoms with E-state index in [-0.39, 0.29) is 0 Å². The van der Waals surface area contributed by atoms with Gasteiger partial charge in [-0.3, -0.25) is 0 Å². The van der Waals surface area contributed by atoms with Crippen LogP contribution < -0.4 is 0 Å². The van der Waals surface area contributed by atoms with Gasteiger partial charge in [0.25, 0.3) is 0 Å². The van der Waals surface area contributed by atoms with Crippen LogP contribution >= 0.6 is 0 Å². The summed E-state index contributed by atoms with van der Waals surface area (Å²) in [5, 5.41) is 0. The molecule has 0 aromatic carbocycles. The van der Waals surface area contributed by atoms with Gasteiger partial charge in [0.2, 0.25) is 0 Å². The van der Waals surface area contributed by atoms with Crippen molar-refractivity contribution in [3.63, 3.8) is 0 Å². The lowest BCUT2D eigenvalue weighted by Gasteiger charge is -2.04. The van der Waals surface area contributed by atoms with Gasteiger partial charge in [0, 0.05) is 0 Å². The maximum atomic E-state index is 2.30. The molecule has 0 amide bonds. The average molecular weight is 178 g/mol. The Labute approximate surface area is 83.0 Å². The van der Waals surface area contributed by atoms with E-state index in [1.54, 1.807) is 0 Å². The zero-order chi connectivity index (χ0) is 10.4. The zero-order valence-corrected chi connectivity index (χ0v) is 9.81. The Bertz CT molecular complexity index is 237. The highest BCUT2D eigenvalue weighted by Crippen LogP contribution is 2.13. The summed E-state index contributed by atoms with van der Waals surface area (Å²) in [7, 11) is 0. The van der Waals surface area contributed by atoms with Crippen LogP contribution in [0.15, 0.2) is 34.9 Å². The molecule has 0 saturated carbocycles. The maximum absolute atomic E-state index is 2.30. The predicted molar refractivity (Wildman–Crippen MR) is 61.8 cm³/mol. The Kier molecular flexibility index (Phi) is 5.45. The van der Waals surface area contributed by atoms with E-state index in [9.17, 15) is 0 Å². The van der Waals surface area contributed by atoms with E-state index >= 15 is 0 Å². The topological polar surface area (TPSA) is 0 Å². The van der Waals surface area contributed by atoms with E-state index < -0.39 is 0 Å². The predicted octanol–water partition coefficient (Wildman–Crippen LogP) is 4.50. The second kappa shape index (κ2) is 5.80. The molecule has 0 aliphatic carbocycles. The quantitative estimate of drug-likeness (QED) is 0.558. The van der Waals surface area contributed by atoms with Crippen molar-refractivity contribution in [1.29, 1.82) is 0 Å². The number of hydrogen-bond acceptors (Lipinski definition) is 0. The van der Waals surface area contributed by atoms with Gasteiger partial charge in [-0.2, -0.15) is 0 Å². The SMILES string of the molecule is CC=C(C)C=C(C)C(C)=CC(C)C. The van der Waals surface area contributed by atoms with Gasteiger partial charge in [0.15, 0.2) is 0 Å². The van der Waals surface area contributed by atoms with Gasteiger partial charge < -0.3 is 0 Å². The highest BCUT2D eigenvalue weighted by Gasteiger charge is 1.94. The largest absolute Gasteiger partial charge is 0.0847 e. The van der Waals surface area contributed by atoms with E-state index in [1.165, 1.54) is 16.7 Å². The molecule has 0 heterocycles. The lowest BCUT2D eigenvalue weighted by Crippen LogP contribution is -1.86. The number of rotatable bonds is 3. The van der Waals surface area contributed by atoms with Crippen LogP contribution in [0.2, 0.25) is 0 Å². The summed E-state index contributed by atoms with van der Waals surface area (Å²) in [4.78, 5) is 0. The Balaban J connectivity index is 4.60. The van der Waals surface area contributed by atoms with Crippen molar-refractivity contribution in [2.45, 2.75) is 41.5 Å². The molecule has 0 heteroatoms. The molecule has 13 heavy (non-hydrogen) atoms. The Morgan fingerprint density at radius 1 is 1.00 bits per heavy atom. The molecule has 0 saturated heterocycles. The van der Waals surface area contributed by atoms with Crippen molar-refractivity contribution in [3.8, 4) is 0 Å². The summed E-state index contributed by atoms with van der Waals surface area (Å²) in [6.07, 6.45) is 6.66. The third kappa shape index (κ3) is 5.46. The highest BCUT2D eigenvalue weighted by atomic mass is 14.0. The molecule has 0 fully saturated rings. The smallest absolute Gasteiger partial charge is 0.0285 e. The second-order valence-electron chi connectivity index (χ2n) is 3.95. The van der Waals surface area contributed by atoms with Crippen molar-refractivity contribution in [1.82, 2.24) is 0 Å². The molecule has 0 bridgehead atoms. The van der Waals surface area contributed by atoms with E-state index in [0.29, 0.717) is 5.92 Å². The van der Waals surface area contributed by atoms with Crippen molar-refractivity contribution in [3.05, 3.63) is 34.9 Å². The van der Waals surface area contributed by atoms with Gasteiger partial charge in [-0.25, -0.2) is 0 Å². The molecule has 0 aromatic rings. The summed E-state index contributed by atoms with van der Waals surface area (Å²) in [6.45, 7) is 13.0. The maximum Gasteiger partial charge on any atom is -0.0285 e. The van der Waals surface area contributed by atoms with Crippen molar-refractivity contribution in [2.24, 2.45) is 5.92 Å². The third-order valence-electron chi connectivity index (χ3n) is 2.10. The van der Waals surface area contributed by atoms with Gasteiger partial charge in [0.05, 0.1) is 0 Å². The van der Waals surface area contributed by atoms with Crippen LogP contribution in [0, 0.1) is 5.92 Å². The molecule has 0 N–H and O–H groups in total. The molecule has 0 unspecified atom stereocenters. The number of allylic oxidation sites excluding steroid dienone is 6. The summed E-state index contributed by atoms with van der Waals surface area (Å²) in [6, 6.07) is 0. The fraction of sp³-hybridized carbons (Fsp3) is 0.538. The highest BCUT2D eigenvalue weighted by molar-refractivity contribution is 5.33. The van der Waals surface area contributed by atoms with E-state index in [4.69, 9.17) is 0 Å². The van der Waals surface area contributed by atoms with Crippen LogP contribution in [-0.4, -0.2) is 0 Å². The van der Waals surface area contributed by atoms with Crippen molar-refractivity contribution < 1.29 is 0 Å². The first-order chi connectivity index (χ1) is 5.97. The van der Waals surface area contributed by atoms with Gasteiger partial charge >= 0.3 is 0 Å². The number of hydrogen-bond donors (Lipinski definition) is 0. The standard InChI is InChI=1S/C13H22/c1-7-11(4)9-13(6)12(5)8-10(2)3/h7-10H,1-6H3. The molecule has 0 nitrogen and oxygen atoms in total. The van der Waals surface area contributed by atoms with Crippen LogP contribution in [0.5, 0.6) is 0 Å². The van der Waals surface area contributed by atoms with Crippen LogP contribution in [0.4, 0.5) is 0 Å². The third-order valence-corrected chi connectivity index (χ3v) is 2.10. The van der Waals surface area contributed by atoms with E-state index in [0.717, 1.165) is 0 Å². The summed E-state index contributed by atoms with van der Waals surface area (Å²) in [5.74, 6) is 0.634. The van der Waals surface area contributed by atoms with Crippen LogP contribution in [0.3, 0.4) is 0 Å². The van der Waals surface area contributed by atoms with Crippen LogP contribution in [0.25, 0.3) is 0 Å². The zero-order valence-electron chi connectivity index (χ0n) is 9.81. The molecule has 0 aliphatic heterocycles. The van der Waals surface area contributed by atoms with E-state index in [2.05, 4.69) is 59.8 Å². The first-order valence-corrected chi connectivity index (χ1v) is 4.97. The molecule has 0 atom stereocenters. The Hall–Kier alpha value is -0.780. The molecule has 74 valence electrons. The minimum atomic E-state index is 0.634. The van der Waals surface area contributed by atoms with Gasteiger partial charge in [-0.1, -0.05) is 43.2 Å². The average Bonchev–Trinajstić information content (AvgIpc) is 2.02. The minimum absolute atomic E-state index is 0.634. The first kappa shape index (κ1) is 12.2. The second-order valence-corrected chi connectivity index (χ2v) is 3.95. The Morgan fingerprint density at radius 2 is 1.54 bits per heavy atom. The lowest BCUT2D eigenvalue weighted by molar-refractivity contribution is 0.823. The summed E-state index contributed by atoms with van der Waals surface area (Å²) < 4.78 is 0. The van der Waals surface area contributed by atoms with Crippen LogP contribution in [-0.2, 0) is 0 Å². The molecule has 0 aliphatic rings. The van der Waals surface area contributed by atoms with Gasteiger partial charge in [0.1, 0.15) is 0 Å².